The van der Waals surface area contributed by atoms with Crippen LogP contribution in [0.3, 0.4) is 0 Å². The zero-order valence-electron chi connectivity index (χ0n) is 17.0. The molecule has 0 fully saturated rings. The fourth-order valence-electron chi connectivity index (χ4n) is 3.23. The van der Waals surface area contributed by atoms with E-state index in [1.54, 1.807) is 6.92 Å². The number of aromatic nitrogens is 3. The molecule has 0 saturated heterocycles. The summed E-state index contributed by atoms with van der Waals surface area (Å²) in [6.07, 6.45) is 0. The summed E-state index contributed by atoms with van der Waals surface area (Å²) < 4.78 is 11.1. The summed E-state index contributed by atoms with van der Waals surface area (Å²) in [7, 11) is 0. The van der Waals surface area contributed by atoms with E-state index in [2.05, 4.69) is 10.2 Å². The summed E-state index contributed by atoms with van der Waals surface area (Å²) in [4.78, 5) is 17.4. The number of rotatable bonds is 6. The van der Waals surface area contributed by atoms with Crippen molar-refractivity contribution in [2.45, 2.75) is 31.7 Å². The molecule has 0 atom stereocenters. The normalized spacial score (nSPS) is 11.0. The molecule has 2 aromatic heterocycles. The Morgan fingerprint density at radius 2 is 1.83 bits per heavy atom. The lowest BCUT2D eigenvalue weighted by Gasteiger charge is -2.13. The van der Waals surface area contributed by atoms with E-state index in [1.807, 2.05) is 62.4 Å². The van der Waals surface area contributed by atoms with Crippen LogP contribution in [0.25, 0.3) is 22.4 Å². The van der Waals surface area contributed by atoms with Gasteiger partial charge in [-0.3, -0.25) is 4.98 Å². The summed E-state index contributed by atoms with van der Waals surface area (Å²) >= 11 is 1.35. The minimum atomic E-state index is -0.366. The number of hydrogen-bond acceptors (Lipinski definition) is 7. The molecule has 0 bridgehead atoms. The number of fused-ring (bicyclic) bond motifs is 1. The summed E-state index contributed by atoms with van der Waals surface area (Å²) in [6, 6.07) is 15.7. The highest BCUT2D eigenvalue weighted by atomic mass is 32.2. The number of hydrogen-bond donors (Lipinski definition) is 0. The van der Waals surface area contributed by atoms with Crippen molar-refractivity contribution in [1.29, 1.82) is 0 Å². The van der Waals surface area contributed by atoms with Crippen LogP contribution >= 0.6 is 11.8 Å². The fraction of sp³-hybridized carbons (Fsp3) is 0.217. The Hall–Kier alpha value is -3.19. The molecular weight excluding hydrogens is 398 g/mol. The van der Waals surface area contributed by atoms with E-state index in [1.165, 1.54) is 11.8 Å². The highest BCUT2D eigenvalue weighted by Crippen LogP contribution is 2.30. The number of nitrogens with zero attached hydrogens (tertiary/aromatic N) is 3. The van der Waals surface area contributed by atoms with Gasteiger partial charge in [0.1, 0.15) is 0 Å². The van der Waals surface area contributed by atoms with Crippen LogP contribution in [0.1, 0.15) is 34.1 Å². The van der Waals surface area contributed by atoms with Crippen LogP contribution in [-0.4, -0.2) is 27.8 Å². The summed E-state index contributed by atoms with van der Waals surface area (Å²) in [5, 5.41) is 9.62. The average Bonchev–Trinajstić information content (AvgIpc) is 3.22. The lowest BCUT2D eigenvalue weighted by molar-refractivity contribution is 0.0524. The zero-order chi connectivity index (χ0) is 21.1. The molecule has 6 nitrogen and oxygen atoms in total. The summed E-state index contributed by atoms with van der Waals surface area (Å²) in [5.41, 5.74) is 4.88. The second kappa shape index (κ2) is 8.67. The minimum Gasteiger partial charge on any atom is -0.462 e. The van der Waals surface area contributed by atoms with E-state index in [-0.39, 0.29) is 5.97 Å². The van der Waals surface area contributed by atoms with Gasteiger partial charge in [0.15, 0.2) is 0 Å². The predicted octanol–water partition coefficient (Wildman–Crippen LogP) is 5.37. The van der Waals surface area contributed by atoms with Gasteiger partial charge in [0.25, 0.3) is 5.22 Å². The smallest absolute Gasteiger partial charge is 0.340 e. The predicted molar refractivity (Wildman–Crippen MR) is 116 cm³/mol. The van der Waals surface area contributed by atoms with Crippen molar-refractivity contribution in [1.82, 2.24) is 15.2 Å². The van der Waals surface area contributed by atoms with Gasteiger partial charge in [0.05, 0.1) is 23.4 Å². The van der Waals surface area contributed by atoms with Crippen molar-refractivity contribution in [3.63, 3.8) is 0 Å². The van der Waals surface area contributed by atoms with Crippen molar-refractivity contribution in [2.75, 3.05) is 6.61 Å². The number of carbonyl (C=O) groups is 1. The Morgan fingerprint density at radius 3 is 2.60 bits per heavy atom. The molecule has 0 spiro atoms. The van der Waals surface area contributed by atoms with Crippen molar-refractivity contribution >= 4 is 28.6 Å². The molecule has 7 heteroatoms. The van der Waals surface area contributed by atoms with Gasteiger partial charge in [-0.05, 0) is 44.5 Å². The molecule has 0 aliphatic rings. The van der Waals surface area contributed by atoms with E-state index in [4.69, 9.17) is 14.1 Å². The highest BCUT2D eigenvalue weighted by molar-refractivity contribution is 7.98. The van der Waals surface area contributed by atoms with Crippen molar-refractivity contribution < 1.29 is 13.9 Å². The Kier molecular flexibility index (Phi) is 5.81. The molecule has 2 aromatic carbocycles. The van der Waals surface area contributed by atoms with Crippen LogP contribution in [0.2, 0.25) is 0 Å². The Bertz CT molecular complexity index is 1200. The van der Waals surface area contributed by atoms with Crippen molar-refractivity contribution in [3.8, 4) is 11.5 Å². The van der Waals surface area contributed by atoms with Gasteiger partial charge >= 0.3 is 5.97 Å². The highest BCUT2D eigenvalue weighted by Gasteiger charge is 2.21. The maximum atomic E-state index is 12.6. The van der Waals surface area contributed by atoms with Crippen LogP contribution in [0.15, 0.2) is 58.2 Å². The monoisotopic (exact) mass is 419 g/mol. The topological polar surface area (TPSA) is 78.1 Å². The summed E-state index contributed by atoms with van der Waals surface area (Å²) in [5.74, 6) is 0.510. The van der Waals surface area contributed by atoms with Gasteiger partial charge in [0.2, 0.25) is 5.89 Å². The first-order valence-electron chi connectivity index (χ1n) is 9.65. The number of esters is 1. The third-order valence-corrected chi connectivity index (χ3v) is 5.57. The number of aryl methyl sites for hydroxylation is 2. The lowest BCUT2D eigenvalue weighted by Crippen LogP contribution is -2.12. The largest absolute Gasteiger partial charge is 0.462 e. The number of pyridine rings is 1. The second-order valence-corrected chi connectivity index (χ2v) is 7.75. The third-order valence-electron chi connectivity index (χ3n) is 4.74. The number of benzene rings is 2. The van der Waals surface area contributed by atoms with Crippen LogP contribution in [0, 0.1) is 13.8 Å². The minimum absolute atomic E-state index is 0.307. The van der Waals surface area contributed by atoms with E-state index in [0.717, 1.165) is 27.6 Å². The first-order chi connectivity index (χ1) is 14.6. The first kappa shape index (κ1) is 20.1. The zero-order valence-corrected chi connectivity index (χ0v) is 17.8. The molecule has 152 valence electrons. The van der Waals surface area contributed by atoms with Gasteiger partial charge < -0.3 is 9.15 Å². The molecular formula is C23H21N3O3S. The molecule has 0 radical (unpaired) electrons. The quantitative estimate of drug-likeness (QED) is 0.307. The lowest BCUT2D eigenvalue weighted by atomic mass is 10.0. The number of ether oxygens (including phenoxy) is 1. The maximum Gasteiger partial charge on any atom is 0.340 e. The van der Waals surface area contributed by atoms with Gasteiger partial charge in [-0.15, -0.1) is 10.2 Å². The van der Waals surface area contributed by atoms with Gasteiger partial charge in [-0.25, -0.2) is 4.79 Å². The molecule has 0 aliphatic carbocycles. The van der Waals surface area contributed by atoms with Gasteiger partial charge in [0, 0.05) is 16.7 Å². The Morgan fingerprint density at radius 1 is 1.07 bits per heavy atom. The molecule has 30 heavy (non-hydrogen) atoms. The summed E-state index contributed by atoms with van der Waals surface area (Å²) in [6.45, 7) is 6.05. The van der Waals surface area contributed by atoms with Crippen LogP contribution in [0.4, 0.5) is 0 Å². The standard InChI is InChI=1S/C23H21N3O3S/c1-4-28-22(27)20-15(3)17-7-5-6-8-18(17)24-19(20)13-30-23-26-25-21(29-23)16-11-9-14(2)10-12-16/h5-12H,4,13H2,1-3H3. The first-order valence-corrected chi connectivity index (χ1v) is 10.6. The van der Waals surface area contributed by atoms with Gasteiger partial charge in [-0.2, -0.15) is 0 Å². The number of thioether (sulfide) groups is 1. The van der Waals surface area contributed by atoms with E-state index in [0.29, 0.717) is 34.7 Å². The molecule has 4 aromatic rings. The molecule has 0 N–H and O–H groups in total. The Balaban J connectivity index is 1.63. The van der Waals surface area contributed by atoms with Gasteiger partial charge in [-0.1, -0.05) is 47.7 Å². The van der Waals surface area contributed by atoms with Crippen LogP contribution in [-0.2, 0) is 10.5 Å². The third kappa shape index (κ3) is 4.07. The molecule has 0 saturated carbocycles. The average molecular weight is 420 g/mol. The Labute approximate surface area is 178 Å². The van der Waals surface area contributed by atoms with Crippen LogP contribution in [0.5, 0.6) is 0 Å². The molecule has 0 aliphatic heterocycles. The molecule has 0 amide bonds. The number of carbonyl (C=O) groups excluding carboxylic acids is 1. The van der Waals surface area contributed by atoms with E-state index >= 15 is 0 Å². The maximum absolute atomic E-state index is 12.6. The fourth-order valence-corrected chi connectivity index (χ4v) is 3.94. The molecule has 0 unspecified atom stereocenters. The van der Waals surface area contributed by atoms with E-state index in [9.17, 15) is 4.79 Å². The number of para-hydroxylation sites is 1. The second-order valence-electron chi connectivity index (χ2n) is 6.82. The van der Waals surface area contributed by atoms with E-state index < -0.39 is 0 Å². The van der Waals surface area contributed by atoms with Crippen molar-refractivity contribution in [3.05, 3.63) is 70.9 Å². The van der Waals surface area contributed by atoms with Crippen molar-refractivity contribution in [2.24, 2.45) is 0 Å². The molecule has 2 heterocycles. The molecule has 4 rings (SSSR count). The SMILES string of the molecule is CCOC(=O)c1c(CSc2nnc(-c3ccc(C)cc3)o2)nc2ccccc2c1C. The van der Waals surface area contributed by atoms with Crippen LogP contribution < -0.4 is 0 Å².